The third kappa shape index (κ3) is 4.44. The normalized spacial score (nSPS) is 27.6. The van der Waals surface area contributed by atoms with Gasteiger partial charge in [-0.3, -0.25) is 0 Å². The molecule has 0 radical (unpaired) electrons. The van der Waals surface area contributed by atoms with Gasteiger partial charge in [0.25, 0.3) is 0 Å². The molecule has 20 heavy (non-hydrogen) atoms. The van der Waals surface area contributed by atoms with Gasteiger partial charge in [0.05, 0.1) is 11.7 Å². The van der Waals surface area contributed by atoms with E-state index in [9.17, 15) is 0 Å². The number of nitrogens with zero attached hydrogens (tertiary/aromatic N) is 1. The molecule has 0 bridgehead atoms. The van der Waals surface area contributed by atoms with Gasteiger partial charge in [0.2, 0.25) is 0 Å². The van der Waals surface area contributed by atoms with E-state index in [2.05, 4.69) is 38.2 Å². The summed E-state index contributed by atoms with van der Waals surface area (Å²) in [6.45, 7) is 6.74. The highest BCUT2D eigenvalue weighted by Gasteiger charge is 2.40. The van der Waals surface area contributed by atoms with Crippen molar-refractivity contribution < 1.29 is 4.74 Å². The summed E-state index contributed by atoms with van der Waals surface area (Å²) < 4.78 is 6.45. The molecule has 3 nitrogen and oxygen atoms in total. The van der Waals surface area contributed by atoms with E-state index < -0.39 is 0 Å². The van der Waals surface area contributed by atoms with Crippen LogP contribution in [0.5, 0.6) is 0 Å². The zero-order valence-electron chi connectivity index (χ0n) is 14.0. The average Bonchev–Trinajstić information content (AvgIpc) is 2.78. The van der Waals surface area contributed by atoms with Crippen LogP contribution in [0.2, 0.25) is 0 Å². The van der Waals surface area contributed by atoms with Crippen molar-refractivity contribution in [1.29, 1.82) is 0 Å². The summed E-state index contributed by atoms with van der Waals surface area (Å²) in [5.74, 6) is 0.669. The minimum Gasteiger partial charge on any atom is -0.370 e. The summed E-state index contributed by atoms with van der Waals surface area (Å²) in [5, 5.41) is 3.75. The van der Waals surface area contributed by atoms with Crippen LogP contribution < -0.4 is 5.32 Å². The van der Waals surface area contributed by atoms with Crippen molar-refractivity contribution in [3.05, 3.63) is 0 Å². The van der Waals surface area contributed by atoms with Gasteiger partial charge in [-0.25, -0.2) is 0 Å². The van der Waals surface area contributed by atoms with Crippen molar-refractivity contribution in [3.63, 3.8) is 0 Å². The highest BCUT2D eigenvalue weighted by molar-refractivity contribution is 4.92. The standard InChI is InChI=1S/C17H34N2O/c1-14(2)16(13-19(3)4)18-12-15-8-11-17(20-15)9-6-5-7-10-17/h14-16,18H,5-13H2,1-4H3. The van der Waals surface area contributed by atoms with Gasteiger partial charge < -0.3 is 15.0 Å². The lowest BCUT2D eigenvalue weighted by atomic mass is 9.83. The van der Waals surface area contributed by atoms with Gasteiger partial charge in [-0.2, -0.15) is 0 Å². The highest BCUT2D eigenvalue weighted by Crippen LogP contribution is 2.41. The predicted octanol–water partition coefficient (Wildman–Crippen LogP) is 3.04. The lowest BCUT2D eigenvalue weighted by molar-refractivity contribution is -0.0633. The Morgan fingerprint density at radius 2 is 1.85 bits per heavy atom. The molecule has 0 aromatic heterocycles. The monoisotopic (exact) mass is 282 g/mol. The molecule has 2 rings (SSSR count). The zero-order chi connectivity index (χ0) is 14.6. The minimum atomic E-state index is 0.263. The molecule has 0 amide bonds. The van der Waals surface area contributed by atoms with Crippen LogP contribution in [0.1, 0.15) is 58.8 Å². The Balaban J connectivity index is 1.76. The molecule has 2 aliphatic rings. The number of nitrogens with one attached hydrogen (secondary N) is 1. The number of rotatable bonds is 6. The van der Waals surface area contributed by atoms with E-state index in [1.54, 1.807) is 0 Å². The summed E-state index contributed by atoms with van der Waals surface area (Å²) in [7, 11) is 4.31. The molecule has 0 aromatic rings. The first-order valence-electron chi connectivity index (χ1n) is 8.57. The van der Waals surface area contributed by atoms with Gasteiger partial charge >= 0.3 is 0 Å². The molecule has 1 aliphatic heterocycles. The quantitative estimate of drug-likeness (QED) is 0.810. The van der Waals surface area contributed by atoms with Gasteiger partial charge in [-0.15, -0.1) is 0 Å². The Labute approximate surface area is 125 Å². The van der Waals surface area contributed by atoms with Gasteiger partial charge in [-0.1, -0.05) is 33.1 Å². The van der Waals surface area contributed by atoms with E-state index in [0.717, 1.165) is 13.1 Å². The number of hydrogen-bond donors (Lipinski definition) is 1. The predicted molar refractivity (Wildman–Crippen MR) is 85.1 cm³/mol. The molecule has 1 aliphatic carbocycles. The fraction of sp³-hybridized carbons (Fsp3) is 1.00. The Bertz CT molecular complexity index is 285. The molecule has 1 spiro atoms. The fourth-order valence-corrected chi connectivity index (χ4v) is 3.79. The fourth-order valence-electron chi connectivity index (χ4n) is 3.79. The minimum absolute atomic E-state index is 0.263. The first kappa shape index (κ1) is 16.3. The number of hydrogen-bond acceptors (Lipinski definition) is 3. The van der Waals surface area contributed by atoms with Gasteiger partial charge in [0, 0.05) is 19.1 Å². The van der Waals surface area contributed by atoms with Crippen molar-refractivity contribution >= 4 is 0 Å². The number of ether oxygens (including phenoxy) is 1. The van der Waals surface area contributed by atoms with Crippen molar-refractivity contribution in [2.75, 3.05) is 27.2 Å². The summed E-state index contributed by atoms with van der Waals surface area (Å²) in [6, 6.07) is 0.566. The summed E-state index contributed by atoms with van der Waals surface area (Å²) in [4.78, 5) is 2.27. The summed E-state index contributed by atoms with van der Waals surface area (Å²) >= 11 is 0. The first-order chi connectivity index (χ1) is 9.51. The largest absolute Gasteiger partial charge is 0.370 e. The summed E-state index contributed by atoms with van der Waals surface area (Å²) in [5.41, 5.74) is 0.263. The molecular formula is C17H34N2O. The smallest absolute Gasteiger partial charge is 0.0708 e. The molecule has 1 saturated carbocycles. The second-order valence-corrected chi connectivity index (χ2v) is 7.54. The van der Waals surface area contributed by atoms with Crippen LogP contribution in [-0.4, -0.2) is 49.8 Å². The lowest BCUT2D eigenvalue weighted by Crippen LogP contribution is -2.45. The van der Waals surface area contributed by atoms with E-state index in [4.69, 9.17) is 4.74 Å². The third-order valence-electron chi connectivity index (χ3n) is 5.08. The molecular weight excluding hydrogens is 248 g/mol. The van der Waals surface area contributed by atoms with E-state index in [1.807, 2.05) is 0 Å². The average molecular weight is 282 g/mol. The molecule has 1 heterocycles. The van der Waals surface area contributed by atoms with Crippen molar-refractivity contribution in [1.82, 2.24) is 10.2 Å². The second-order valence-electron chi connectivity index (χ2n) is 7.54. The van der Waals surface area contributed by atoms with Gasteiger partial charge in [0.15, 0.2) is 0 Å². The van der Waals surface area contributed by atoms with Crippen LogP contribution in [0.4, 0.5) is 0 Å². The molecule has 2 atom stereocenters. The van der Waals surface area contributed by atoms with Crippen LogP contribution in [-0.2, 0) is 4.74 Å². The molecule has 1 N–H and O–H groups in total. The van der Waals surface area contributed by atoms with Crippen LogP contribution >= 0.6 is 0 Å². The van der Waals surface area contributed by atoms with E-state index in [1.165, 1.54) is 44.9 Å². The second kappa shape index (κ2) is 7.24. The van der Waals surface area contributed by atoms with E-state index in [-0.39, 0.29) is 5.60 Å². The molecule has 0 aromatic carbocycles. The first-order valence-corrected chi connectivity index (χ1v) is 8.57. The lowest BCUT2D eigenvalue weighted by Gasteiger charge is -2.34. The summed E-state index contributed by atoms with van der Waals surface area (Å²) in [6.07, 6.45) is 9.73. The molecule has 1 saturated heterocycles. The number of likely N-dealkylation sites (N-methyl/N-ethyl adjacent to an activating group) is 1. The zero-order valence-corrected chi connectivity index (χ0v) is 14.0. The van der Waals surface area contributed by atoms with Crippen LogP contribution in [0.3, 0.4) is 0 Å². The van der Waals surface area contributed by atoms with Crippen molar-refractivity contribution in [2.24, 2.45) is 5.92 Å². The van der Waals surface area contributed by atoms with Crippen molar-refractivity contribution in [3.8, 4) is 0 Å². The van der Waals surface area contributed by atoms with Gasteiger partial charge in [0.1, 0.15) is 0 Å². The molecule has 2 unspecified atom stereocenters. The van der Waals surface area contributed by atoms with Crippen LogP contribution in [0, 0.1) is 5.92 Å². The Kier molecular flexibility index (Phi) is 5.88. The SMILES string of the molecule is CC(C)C(CN(C)C)NCC1CCC2(CCCCC2)O1. The Hall–Kier alpha value is -0.120. The maximum absolute atomic E-state index is 6.45. The van der Waals surface area contributed by atoms with Crippen LogP contribution in [0.15, 0.2) is 0 Å². The molecule has 2 fully saturated rings. The Morgan fingerprint density at radius 3 is 2.45 bits per heavy atom. The highest BCUT2D eigenvalue weighted by atomic mass is 16.5. The topological polar surface area (TPSA) is 24.5 Å². The van der Waals surface area contributed by atoms with Crippen LogP contribution in [0.25, 0.3) is 0 Å². The van der Waals surface area contributed by atoms with E-state index in [0.29, 0.717) is 18.1 Å². The maximum Gasteiger partial charge on any atom is 0.0708 e. The molecule has 118 valence electrons. The maximum atomic E-state index is 6.45. The third-order valence-corrected chi connectivity index (χ3v) is 5.08. The van der Waals surface area contributed by atoms with E-state index >= 15 is 0 Å². The van der Waals surface area contributed by atoms with Crippen molar-refractivity contribution in [2.45, 2.75) is 76.5 Å². The van der Waals surface area contributed by atoms with Gasteiger partial charge in [-0.05, 0) is 45.7 Å². The Morgan fingerprint density at radius 1 is 1.15 bits per heavy atom. The molecule has 3 heteroatoms.